The first-order valence-electron chi connectivity index (χ1n) is 10.3. The van der Waals surface area contributed by atoms with Crippen molar-refractivity contribution < 1.29 is 9.59 Å². The molecule has 1 aliphatic rings. The Kier molecular flexibility index (Phi) is 7.45. The number of amides is 2. The van der Waals surface area contributed by atoms with Gasteiger partial charge in [0.15, 0.2) is 0 Å². The highest BCUT2D eigenvalue weighted by Gasteiger charge is 2.21. The molecule has 0 atom stereocenters. The van der Waals surface area contributed by atoms with Gasteiger partial charge in [0.2, 0.25) is 5.91 Å². The maximum atomic E-state index is 12.5. The van der Waals surface area contributed by atoms with Gasteiger partial charge in [-0.3, -0.25) is 14.5 Å². The van der Waals surface area contributed by atoms with E-state index in [1.165, 1.54) is 33.6 Å². The molecule has 156 valence electrons. The van der Waals surface area contributed by atoms with Gasteiger partial charge in [0, 0.05) is 32.7 Å². The summed E-state index contributed by atoms with van der Waals surface area (Å²) in [6, 6.07) is 8.18. The van der Waals surface area contributed by atoms with Crippen LogP contribution in [0.2, 0.25) is 0 Å². The number of thiophene rings is 1. The smallest absolute Gasteiger partial charge is 0.263 e. The third-order valence-corrected chi connectivity index (χ3v) is 6.37. The van der Waals surface area contributed by atoms with Crippen molar-refractivity contribution in [3.63, 3.8) is 0 Å². The fourth-order valence-electron chi connectivity index (χ4n) is 4.08. The van der Waals surface area contributed by atoms with Crippen molar-refractivity contribution >= 4 is 23.2 Å². The van der Waals surface area contributed by atoms with Crippen molar-refractivity contribution in [3.8, 4) is 0 Å². The molecule has 2 heterocycles. The Balaban J connectivity index is 1.43. The van der Waals surface area contributed by atoms with Gasteiger partial charge in [-0.1, -0.05) is 23.8 Å². The van der Waals surface area contributed by atoms with E-state index in [1.807, 2.05) is 22.4 Å². The molecule has 1 fully saturated rings. The van der Waals surface area contributed by atoms with E-state index in [0.29, 0.717) is 19.6 Å². The number of nitrogens with zero attached hydrogens (tertiary/aromatic N) is 2. The van der Waals surface area contributed by atoms with Gasteiger partial charge in [-0.2, -0.15) is 0 Å². The van der Waals surface area contributed by atoms with Crippen LogP contribution in [0.5, 0.6) is 0 Å². The number of carbonyl (C=O) groups excluding carboxylic acids is 2. The molecule has 2 amide bonds. The molecule has 0 spiro atoms. The van der Waals surface area contributed by atoms with Crippen molar-refractivity contribution in [2.45, 2.75) is 33.6 Å². The van der Waals surface area contributed by atoms with Crippen LogP contribution in [0, 0.1) is 20.8 Å². The van der Waals surface area contributed by atoms with Crippen LogP contribution in [0.4, 0.5) is 0 Å². The molecule has 2 aromatic rings. The van der Waals surface area contributed by atoms with Crippen LogP contribution in [0.3, 0.4) is 0 Å². The topological polar surface area (TPSA) is 52.7 Å². The fourth-order valence-corrected chi connectivity index (χ4v) is 4.77. The number of nitrogens with one attached hydrogen (secondary N) is 1. The normalized spacial score (nSPS) is 15.2. The number of benzene rings is 1. The van der Waals surface area contributed by atoms with Gasteiger partial charge in [0.05, 0.1) is 11.4 Å². The Morgan fingerprint density at radius 2 is 1.83 bits per heavy atom. The zero-order chi connectivity index (χ0) is 20.8. The summed E-state index contributed by atoms with van der Waals surface area (Å²) in [5.74, 6) is 0.167. The highest BCUT2D eigenvalue weighted by atomic mass is 32.1. The highest BCUT2D eigenvalue weighted by molar-refractivity contribution is 7.12. The molecule has 3 rings (SSSR count). The Bertz CT molecular complexity index is 825. The first kappa shape index (κ1) is 21.5. The summed E-state index contributed by atoms with van der Waals surface area (Å²) in [4.78, 5) is 29.8. The standard InChI is InChI=1S/C23H31N3O2S/c1-17-14-18(2)20(19(3)15-17)7-8-24-22(27)16-25-9-5-10-26(12-11-25)23(28)21-6-4-13-29-21/h4,6,13-15H,5,7-12,16H2,1-3H3,(H,24,27). The van der Waals surface area contributed by atoms with E-state index in [1.54, 1.807) is 0 Å². The third kappa shape index (κ3) is 5.90. The Morgan fingerprint density at radius 1 is 1.07 bits per heavy atom. The first-order valence-corrected chi connectivity index (χ1v) is 11.2. The maximum Gasteiger partial charge on any atom is 0.263 e. The average Bonchev–Trinajstić information content (AvgIpc) is 3.11. The molecule has 6 heteroatoms. The van der Waals surface area contributed by atoms with E-state index in [2.05, 4.69) is 43.1 Å². The average molecular weight is 414 g/mol. The molecule has 0 aliphatic carbocycles. The zero-order valence-corrected chi connectivity index (χ0v) is 18.5. The molecule has 0 unspecified atom stereocenters. The molecule has 1 aromatic carbocycles. The molecule has 0 radical (unpaired) electrons. The maximum absolute atomic E-state index is 12.5. The van der Waals surface area contributed by atoms with Crippen LogP contribution in [-0.2, 0) is 11.2 Å². The SMILES string of the molecule is Cc1cc(C)c(CCNC(=O)CN2CCCN(C(=O)c3cccs3)CC2)c(C)c1. The first-order chi connectivity index (χ1) is 13.9. The number of rotatable bonds is 6. The van der Waals surface area contributed by atoms with E-state index < -0.39 is 0 Å². The Morgan fingerprint density at radius 3 is 2.52 bits per heavy atom. The largest absolute Gasteiger partial charge is 0.355 e. The van der Waals surface area contributed by atoms with Crippen LogP contribution >= 0.6 is 11.3 Å². The van der Waals surface area contributed by atoms with Crippen LogP contribution in [0.15, 0.2) is 29.6 Å². The van der Waals surface area contributed by atoms with Crippen molar-refractivity contribution in [1.82, 2.24) is 15.1 Å². The van der Waals surface area contributed by atoms with Crippen LogP contribution in [0.25, 0.3) is 0 Å². The lowest BCUT2D eigenvalue weighted by molar-refractivity contribution is -0.122. The van der Waals surface area contributed by atoms with Crippen LogP contribution < -0.4 is 5.32 Å². The molecule has 29 heavy (non-hydrogen) atoms. The molecular formula is C23H31N3O2S. The summed E-state index contributed by atoms with van der Waals surface area (Å²) in [7, 11) is 0. The quantitative estimate of drug-likeness (QED) is 0.791. The number of aryl methyl sites for hydroxylation is 3. The fraction of sp³-hybridized carbons (Fsp3) is 0.478. The van der Waals surface area contributed by atoms with Crippen LogP contribution in [-0.4, -0.2) is 60.9 Å². The second-order valence-electron chi connectivity index (χ2n) is 7.88. The van der Waals surface area contributed by atoms with Crippen molar-refractivity contribution in [1.29, 1.82) is 0 Å². The summed E-state index contributed by atoms with van der Waals surface area (Å²) in [6.07, 6.45) is 1.75. The van der Waals surface area contributed by atoms with E-state index >= 15 is 0 Å². The third-order valence-electron chi connectivity index (χ3n) is 5.51. The van der Waals surface area contributed by atoms with Gasteiger partial charge in [-0.25, -0.2) is 0 Å². The monoisotopic (exact) mass is 413 g/mol. The Labute approximate surface area is 177 Å². The summed E-state index contributed by atoms with van der Waals surface area (Å²) >= 11 is 1.48. The molecule has 5 nitrogen and oxygen atoms in total. The van der Waals surface area contributed by atoms with Gasteiger partial charge >= 0.3 is 0 Å². The highest BCUT2D eigenvalue weighted by Crippen LogP contribution is 2.17. The van der Waals surface area contributed by atoms with Gasteiger partial charge in [0.1, 0.15) is 0 Å². The summed E-state index contributed by atoms with van der Waals surface area (Å²) in [5, 5.41) is 5.00. The molecular weight excluding hydrogens is 382 g/mol. The van der Waals surface area contributed by atoms with Gasteiger partial charge in [0.25, 0.3) is 5.91 Å². The van der Waals surface area contributed by atoms with Gasteiger partial charge < -0.3 is 10.2 Å². The predicted octanol–water partition coefficient (Wildman–Crippen LogP) is 3.18. The van der Waals surface area contributed by atoms with E-state index in [0.717, 1.165) is 37.4 Å². The lowest BCUT2D eigenvalue weighted by atomic mass is 9.97. The van der Waals surface area contributed by atoms with Crippen LogP contribution in [0.1, 0.15) is 38.3 Å². The molecule has 1 aliphatic heterocycles. The molecule has 1 aromatic heterocycles. The van der Waals surface area contributed by atoms with Gasteiger partial charge in [-0.05, 0) is 61.7 Å². The van der Waals surface area contributed by atoms with Crippen molar-refractivity contribution in [2.75, 3.05) is 39.3 Å². The van der Waals surface area contributed by atoms with E-state index in [9.17, 15) is 9.59 Å². The van der Waals surface area contributed by atoms with E-state index in [-0.39, 0.29) is 11.8 Å². The molecule has 0 saturated carbocycles. The van der Waals surface area contributed by atoms with Crippen molar-refractivity contribution in [2.24, 2.45) is 0 Å². The molecule has 1 saturated heterocycles. The number of hydrogen-bond donors (Lipinski definition) is 1. The van der Waals surface area contributed by atoms with Gasteiger partial charge in [-0.15, -0.1) is 11.3 Å². The van der Waals surface area contributed by atoms with Crippen molar-refractivity contribution in [3.05, 3.63) is 56.8 Å². The second-order valence-corrected chi connectivity index (χ2v) is 8.82. The predicted molar refractivity (Wildman–Crippen MR) is 119 cm³/mol. The minimum Gasteiger partial charge on any atom is -0.355 e. The zero-order valence-electron chi connectivity index (χ0n) is 17.7. The lowest BCUT2D eigenvalue weighted by Gasteiger charge is -2.21. The summed E-state index contributed by atoms with van der Waals surface area (Å²) in [5.41, 5.74) is 5.19. The summed E-state index contributed by atoms with van der Waals surface area (Å²) in [6.45, 7) is 10.4. The van der Waals surface area contributed by atoms with E-state index in [4.69, 9.17) is 0 Å². The lowest BCUT2D eigenvalue weighted by Crippen LogP contribution is -2.40. The number of hydrogen-bond acceptors (Lipinski definition) is 4. The summed E-state index contributed by atoms with van der Waals surface area (Å²) < 4.78 is 0. The number of carbonyl (C=O) groups is 2. The molecule has 1 N–H and O–H groups in total. The minimum absolute atomic E-state index is 0.0606. The second kappa shape index (κ2) is 10.0. The molecule has 0 bridgehead atoms. The minimum atomic E-state index is 0.0606. The Hall–Kier alpha value is -2.18.